The predicted octanol–water partition coefficient (Wildman–Crippen LogP) is 7.39. The van der Waals surface area contributed by atoms with Crippen LogP contribution in [0.4, 0.5) is 0 Å². The average molecular weight is 521 g/mol. The van der Waals surface area contributed by atoms with Crippen molar-refractivity contribution in [2.45, 2.75) is 102 Å². The second kappa shape index (κ2) is 12.0. The minimum Gasteiger partial charge on any atom is -0.407 e. The second-order valence-electron chi connectivity index (χ2n) is 12.2. The first-order valence-electron chi connectivity index (χ1n) is 14.5. The van der Waals surface area contributed by atoms with Crippen LogP contribution >= 0.6 is 0 Å². The van der Waals surface area contributed by atoms with Gasteiger partial charge in [-0.2, -0.15) is 0 Å². The number of hydrogen-bond donors (Lipinski definition) is 0. The maximum atomic E-state index is 7.23. The first kappa shape index (κ1) is 28.3. The van der Waals surface area contributed by atoms with Crippen LogP contribution in [0.5, 0.6) is 0 Å². The molecule has 0 aromatic heterocycles. The molecule has 202 valence electrons. The number of benzene rings is 2. The molecule has 4 rings (SSSR count). The molecule has 2 atom stereocenters. The molecule has 1 spiro atoms. The van der Waals surface area contributed by atoms with Gasteiger partial charge < -0.3 is 13.9 Å². The van der Waals surface area contributed by atoms with E-state index in [9.17, 15) is 0 Å². The summed E-state index contributed by atoms with van der Waals surface area (Å²) in [6.45, 7) is 13.0. The molecule has 2 fully saturated rings. The van der Waals surface area contributed by atoms with Crippen LogP contribution in [0.2, 0.25) is 5.04 Å². The van der Waals surface area contributed by atoms with E-state index in [4.69, 9.17) is 13.9 Å². The lowest BCUT2D eigenvalue weighted by molar-refractivity contribution is -0.197. The Kier molecular flexibility index (Phi) is 9.16. The van der Waals surface area contributed by atoms with Gasteiger partial charge in [0.05, 0.1) is 6.61 Å². The van der Waals surface area contributed by atoms with Crippen LogP contribution in [0.1, 0.15) is 86.0 Å². The molecule has 37 heavy (non-hydrogen) atoms. The van der Waals surface area contributed by atoms with Crippen molar-refractivity contribution in [3.05, 3.63) is 72.8 Å². The SMILES string of the molecule is CC[C@H](C/C=C/[C@]1(CC)COC2(CCCCC2)O1)CO[Si](c1ccccc1)(c1ccccc1)C(C)(C)C. The summed E-state index contributed by atoms with van der Waals surface area (Å²) < 4.78 is 20.2. The molecule has 0 bridgehead atoms. The van der Waals surface area contributed by atoms with Gasteiger partial charge in [-0.05, 0) is 47.0 Å². The fourth-order valence-electron chi connectivity index (χ4n) is 6.23. The zero-order chi connectivity index (χ0) is 26.4. The summed E-state index contributed by atoms with van der Waals surface area (Å²) in [5.74, 6) is 0.118. The van der Waals surface area contributed by atoms with Crippen LogP contribution in [0, 0.1) is 5.92 Å². The molecule has 2 aliphatic rings. The van der Waals surface area contributed by atoms with Crippen molar-refractivity contribution in [3.8, 4) is 0 Å². The molecular formula is C33H48O3Si. The molecule has 2 aromatic rings. The van der Waals surface area contributed by atoms with Crippen molar-refractivity contribution >= 4 is 18.7 Å². The predicted molar refractivity (Wildman–Crippen MR) is 157 cm³/mol. The summed E-state index contributed by atoms with van der Waals surface area (Å²) in [5, 5.41) is 2.69. The minimum absolute atomic E-state index is 0.000548. The Balaban J connectivity index is 1.50. The Morgan fingerprint density at radius 1 is 0.919 bits per heavy atom. The van der Waals surface area contributed by atoms with Gasteiger partial charge in [-0.3, -0.25) is 0 Å². The summed E-state index contributed by atoms with van der Waals surface area (Å²) in [7, 11) is -2.51. The number of ether oxygens (including phenoxy) is 2. The second-order valence-corrected chi connectivity index (χ2v) is 16.5. The van der Waals surface area contributed by atoms with E-state index >= 15 is 0 Å². The van der Waals surface area contributed by atoms with Gasteiger partial charge in [-0.1, -0.05) is 120 Å². The first-order chi connectivity index (χ1) is 17.8. The van der Waals surface area contributed by atoms with Crippen molar-refractivity contribution < 1.29 is 13.9 Å². The fourth-order valence-corrected chi connectivity index (χ4v) is 10.9. The highest BCUT2D eigenvalue weighted by molar-refractivity contribution is 6.99. The van der Waals surface area contributed by atoms with Crippen LogP contribution in [0.25, 0.3) is 0 Å². The normalized spacial score (nSPS) is 23.1. The Bertz CT molecular complexity index is 952. The van der Waals surface area contributed by atoms with E-state index < -0.39 is 8.32 Å². The van der Waals surface area contributed by atoms with Crippen molar-refractivity contribution in [3.63, 3.8) is 0 Å². The minimum atomic E-state index is -2.51. The summed E-state index contributed by atoms with van der Waals surface area (Å²) >= 11 is 0. The molecule has 1 saturated heterocycles. The molecular weight excluding hydrogens is 472 g/mol. The molecule has 4 heteroatoms. The summed E-state index contributed by atoms with van der Waals surface area (Å²) in [4.78, 5) is 0. The Hall–Kier alpha value is -1.72. The molecule has 3 nitrogen and oxygen atoms in total. The molecule has 1 heterocycles. The van der Waals surface area contributed by atoms with Gasteiger partial charge in [-0.25, -0.2) is 0 Å². The van der Waals surface area contributed by atoms with Crippen molar-refractivity contribution in [1.29, 1.82) is 0 Å². The molecule has 0 radical (unpaired) electrons. The first-order valence-corrected chi connectivity index (χ1v) is 16.5. The van der Waals surface area contributed by atoms with E-state index in [-0.39, 0.29) is 16.4 Å². The van der Waals surface area contributed by atoms with E-state index in [1.165, 1.54) is 29.6 Å². The highest BCUT2D eigenvalue weighted by Crippen LogP contribution is 2.43. The van der Waals surface area contributed by atoms with Crippen LogP contribution < -0.4 is 10.4 Å². The molecule has 1 aliphatic heterocycles. The van der Waals surface area contributed by atoms with E-state index in [1.807, 2.05) is 0 Å². The van der Waals surface area contributed by atoms with Crippen molar-refractivity contribution in [1.82, 2.24) is 0 Å². The highest BCUT2D eigenvalue weighted by Gasteiger charge is 2.51. The quantitative estimate of drug-likeness (QED) is 0.241. The van der Waals surface area contributed by atoms with E-state index in [0.717, 1.165) is 38.7 Å². The van der Waals surface area contributed by atoms with Gasteiger partial charge in [0, 0.05) is 19.4 Å². The van der Waals surface area contributed by atoms with Gasteiger partial charge in [0.2, 0.25) is 0 Å². The van der Waals surface area contributed by atoms with Gasteiger partial charge >= 0.3 is 0 Å². The maximum absolute atomic E-state index is 7.23. The van der Waals surface area contributed by atoms with E-state index in [0.29, 0.717) is 12.5 Å². The van der Waals surface area contributed by atoms with Gasteiger partial charge in [-0.15, -0.1) is 0 Å². The largest absolute Gasteiger partial charge is 0.407 e. The Morgan fingerprint density at radius 3 is 2.03 bits per heavy atom. The van der Waals surface area contributed by atoms with Crippen LogP contribution in [0.15, 0.2) is 72.8 Å². The van der Waals surface area contributed by atoms with Gasteiger partial charge in [0.15, 0.2) is 5.79 Å². The Morgan fingerprint density at radius 2 is 1.51 bits per heavy atom. The van der Waals surface area contributed by atoms with Gasteiger partial charge in [0.1, 0.15) is 5.60 Å². The van der Waals surface area contributed by atoms with Crippen LogP contribution in [-0.4, -0.2) is 32.9 Å². The number of rotatable bonds is 10. The summed E-state index contributed by atoms with van der Waals surface area (Å²) in [5.41, 5.74) is -0.283. The highest BCUT2D eigenvalue weighted by atomic mass is 28.4. The van der Waals surface area contributed by atoms with Crippen LogP contribution in [-0.2, 0) is 13.9 Å². The van der Waals surface area contributed by atoms with Crippen LogP contribution in [0.3, 0.4) is 0 Å². The van der Waals surface area contributed by atoms with Crippen molar-refractivity contribution in [2.24, 2.45) is 5.92 Å². The third-order valence-electron chi connectivity index (χ3n) is 8.60. The lowest BCUT2D eigenvalue weighted by Gasteiger charge is -2.43. The Labute approximate surface area is 226 Å². The van der Waals surface area contributed by atoms with E-state index in [1.54, 1.807) is 0 Å². The summed E-state index contributed by atoms with van der Waals surface area (Å²) in [6.07, 6.45) is 13.5. The van der Waals surface area contributed by atoms with Gasteiger partial charge in [0.25, 0.3) is 8.32 Å². The monoisotopic (exact) mass is 520 g/mol. The molecule has 2 aromatic carbocycles. The topological polar surface area (TPSA) is 27.7 Å². The maximum Gasteiger partial charge on any atom is 0.261 e. The standard InChI is InChI=1S/C33H48O3Si/c1-6-28(18-17-23-32(7-2)27-34-33(36-32)24-15-10-16-25-33)26-35-37(31(3,4)5,29-19-11-8-12-20-29)30-21-13-9-14-22-30/h8-9,11-14,17,19-23,28H,6-7,10,15-16,18,24-27H2,1-5H3/b23-17+/t28-,32-/m1/s1. The molecule has 1 aliphatic carbocycles. The lowest BCUT2D eigenvalue weighted by atomic mass is 9.93. The molecule has 0 unspecified atom stereocenters. The molecule has 0 N–H and O–H groups in total. The third kappa shape index (κ3) is 6.14. The average Bonchev–Trinajstić information content (AvgIpc) is 3.26. The van der Waals surface area contributed by atoms with Crippen molar-refractivity contribution in [2.75, 3.05) is 13.2 Å². The fraction of sp³-hybridized carbons (Fsp3) is 0.576. The number of allylic oxidation sites excluding steroid dienone is 1. The number of hydrogen-bond acceptors (Lipinski definition) is 3. The lowest BCUT2D eigenvalue weighted by Crippen LogP contribution is -2.66. The zero-order valence-electron chi connectivity index (χ0n) is 23.8. The summed E-state index contributed by atoms with van der Waals surface area (Å²) in [6, 6.07) is 21.9. The third-order valence-corrected chi connectivity index (χ3v) is 13.6. The molecule has 0 amide bonds. The smallest absolute Gasteiger partial charge is 0.261 e. The van der Waals surface area contributed by atoms with E-state index in [2.05, 4.69) is 107 Å². The molecule has 1 saturated carbocycles. The zero-order valence-corrected chi connectivity index (χ0v) is 24.8.